The first kappa shape index (κ1) is 14.3. The minimum atomic E-state index is -1.60. The Bertz CT molecular complexity index is 211. The molecule has 0 aliphatic heterocycles. The Labute approximate surface area is 102 Å². The van der Waals surface area contributed by atoms with Crippen LogP contribution in [0, 0.1) is 0 Å². The maximum atomic E-state index is 10.9. The van der Waals surface area contributed by atoms with Crippen molar-refractivity contribution >= 4 is 57.6 Å². The van der Waals surface area contributed by atoms with Crippen molar-refractivity contribution in [2.75, 3.05) is 6.61 Å². The zero-order valence-electron chi connectivity index (χ0n) is 7.07. The molecule has 0 atom stereocenters. The predicted octanol–water partition coefficient (Wildman–Crippen LogP) is 2.84. The standard InChI is InChI=1S/C7H8Cl4O3/c8-5(12)2-1-3-6(13)14-4-7(9,10)11/h1-4H2. The molecular formula is C7H8Cl4O3. The van der Waals surface area contributed by atoms with Gasteiger partial charge in [-0.1, -0.05) is 34.8 Å². The summed E-state index contributed by atoms with van der Waals surface area (Å²) in [7, 11) is 0. The Morgan fingerprint density at radius 3 is 2.14 bits per heavy atom. The van der Waals surface area contributed by atoms with Gasteiger partial charge in [-0.15, -0.1) is 0 Å². The van der Waals surface area contributed by atoms with Gasteiger partial charge in [-0.3, -0.25) is 9.59 Å². The minimum absolute atomic E-state index is 0.0825. The fraction of sp³-hybridized carbons (Fsp3) is 0.714. The van der Waals surface area contributed by atoms with Gasteiger partial charge in [0.1, 0.15) is 6.61 Å². The van der Waals surface area contributed by atoms with Crippen molar-refractivity contribution in [1.29, 1.82) is 0 Å². The van der Waals surface area contributed by atoms with Gasteiger partial charge in [0.15, 0.2) is 0 Å². The molecule has 0 spiro atoms. The summed E-state index contributed by atoms with van der Waals surface area (Å²) in [6.07, 6.45) is 0.546. The van der Waals surface area contributed by atoms with Crippen molar-refractivity contribution in [3.05, 3.63) is 0 Å². The van der Waals surface area contributed by atoms with E-state index in [4.69, 9.17) is 46.4 Å². The first-order chi connectivity index (χ1) is 6.31. The van der Waals surface area contributed by atoms with Crippen molar-refractivity contribution in [2.45, 2.75) is 23.1 Å². The summed E-state index contributed by atoms with van der Waals surface area (Å²) in [5.41, 5.74) is 0. The highest BCUT2D eigenvalue weighted by Crippen LogP contribution is 2.26. The molecular weight excluding hydrogens is 274 g/mol. The molecule has 0 saturated carbocycles. The summed E-state index contributed by atoms with van der Waals surface area (Å²) in [5, 5.41) is -0.487. The van der Waals surface area contributed by atoms with Crippen molar-refractivity contribution in [2.24, 2.45) is 0 Å². The van der Waals surface area contributed by atoms with E-state index in [2.05, 4.69) is 4.74 Å². The largest absolute Gasteiger partial charge is 0.461 e. The Kier molecular flexibility index (Phi) is 6.87. The molecule has 0 amide bonds. The van der Waals surface area contributed by atoms with Crippen LogP contribution in [-0.2, 0) is 14.3 Å². The van der Waals surface area contributed by atoms with Crippen molar-refractivity contribution < 1.29 is 14.3 Å². The van der Waals surface area contributed by atoms with Crippen LogP contribution in [0.1, 0.15) is 19.3 Å². The first-order valence-electron chi connectivity index (χ1n) is 3.72. The van der Waals surface area contributed by atoms with Crippen LogP contribution in [-0.4, -0.2) is 21.6 Å². The van der Waals surface area contributed by atoms with Gasteiger partial charge < -0.3 is 4.74 Å². The average Bonchev–Trinajstić information content (AvgIpc) is 1.99. The number of carbonyl (C=O) groups is 2. The Morgan fingerprint density at radius 1 is 1.14 bits per heavy atom. The minimum Gasteiger partial charge on any atom is -0.461 e. The number of hydrogen-bond acceptors (Lipinski definition) is 3. The molecule has 0 unspecified atom stereocenters. The number of alkyl halides is 3. The van der Waals surface area contributed by atoms with Crippen LogP contribution >= 0.6 is 46.4 Å². The zero-order chi connectivity index (χ0) is 11.2. The monoisotopic (exact) mass is 280 g/mol. The molecule has 0 heterocycles. The topological polar surface area (TPSA) is 43.4 Å². The van der Waals surface area contributed by atoms with E-state index in [1.54, 1.807) is 0 Å². The fourth-order valence-electron chi connectivity index (χ4n) is 0.606. The molecule has 0 aromatic carbocycles. The second kappa shape index (κ2) is 6.72. The molecule has 14 heavy (non-hydrogen) atoms. The van der Waals surface area contributed by atoms with Gasteiger partial charge >= 0.3 is 5.97 Å². The SMILES string of the molecule is O=C(Cl)CCCC(=O)OCC(Cl)(Cl)Cl. The van der Waals surface area contributed by atoms with E-state index in [0.29, 0.717) is 6.42 Å². The van der Waals surface area contributed by atoms with E-state index < -0.39 is 15.0 Å². The number of carbonyl (C=O) groups excluding carboxylic acids is 2. The zero-order valence-corrected chi connectivity index (χ0v) is 10.1. The molecule has 0 aromatic heterocycles. The lowest BCUT2D eigenvalue weighted by molar-refractivity contribution is -0.143. The third-order valence-electron chi connectivity index (χ3n) is 1.15. The number of halogens is 4. The quantitative estimate of drug-likeness (QED) is 0.442. The van der Waals surface area contributed by atoms with Gasteiger partial charge in [-0.2, -0.15) is 0 Å². The summed E-state index contributed by atoms with van der Waals surface area (Å²) < 4.78 is 3.00. The van der Waals surface area contributed by atoms with E-state index in [1.807, 2.05) is 0 Å². The van der Waals surface area contributed by atoms with Gasteiger partial charge in [-0.05, 0) is 18.0 Å². The van der Waals surface area contributed by atoms with Crippen molar-refractivity contribution in [1.82, 2.24) is 0 Å². The van der Waals surface area contributed by atoms with E-state index in [9.17, 15) is 9.59 Å². The number of rotatable bonds is 5. The average molecular weight is 282 g/mol. The lowest BCUT2D eigenvalue weighted by atomic mass is 10.2. The third kappa shape index (κ3) is 10.4. The molecule has 0 saturated heterocycles. The molecule has 82 valence electrons. The molecule has 0 N–H and O–H groups in total. The van der Waals surface area contributed by atoms with Crippen LogP contribution in [0.5, 0.6) is 0 Å². The van der Waals surface area contributed by atoms with Gasteiger partial charge in [0.2, 0.25) is 9.03 Å². The number of hydrogen-bond donors (Lipinski definition) is 0. The molecule has 0 fully saturated rings. The van der Waals surface area contributed by atoms with Gasteiger partial charge in [0, 0.05) is 12.8 Å². The second-order valence-corrected chi connectivity index (χ2v) is 5.42. The van der Waals surface area contributed by atoms with Gasteiger partial charge in [0.25, 0.3) is 0 Å². The number of ether oxygens (including phenoxy) is 1. The lowest BCUT2D eigenvalue weighted by Gasteiger charge is -2.10. The Morgan fingerprint density at radius 2 is 1.71 bits per heavy atom. The molecule has 0 rings (SSSR count). The first-order valence-corrected chi connectivity index (χ1v) is 5.23. The van der Waals surface area contributed by atoms with E-state index >= 15 is 0 Å². The normalized spacial score (nSPS) is 11.1. The molecule has 0 aromatic rings. The summed E-state index contributed by atoms with van der Waals surface area (Å²) in [6, 6.07) is 0. The maximum Gasteiger partial charge on any atom is 0.305 e. The number of esters is 1. The lowest BCUT2D eigenvalue weighted by Crippen LogP contribution is -2.17. The fourth-order valence-corrected chi connectivity index (χ4v) is 0.903. The second-order valence-electron chi connectivity index (χ2n) is 2.48. The van der Waals surface area contributed by atoms with Crippen LogP contribution in [0.4, 0.5) is 0 Å². The molecule has 0 radical (unpaired) electrons. The third-order valence-corrected chi connectivity index (χ3v) is 1.67. The predicted molar refractivity (Wildman–Crippen MR) is 56.0 cm³/mol. The molecule has 3 nitrogen and oxygen atoms in total. The molecule has 7 heteroatoms. The highest BCUT2D eigenvalue weighted by Gasteiger charge is 2.21. The van der Waals surface area contributed by atoms with Crippen molar-refractivity contribution in [3.63, 3.8) is 0 Å². The Hall–Kier alpha value is 0.300. The summed E-state index contributed by atoms with van der Waals surface area (Å²) in [6.45, 7) is -0.300. The Balaban J connectivity index is 3.52. The summed E-state index contributed by atoms with van der Waals surface area (Å²) in [5.74, 6) is -0.519. The summed E-state index contributed by atoms with van der Waals surface area (Å²) >= 11 is 21.1. The van der Waals surface area contributed by atoms with Crippen LogP contribution in [0.3, 0.4) is 0 Å². The summed E-state index contributed by atoms with van der Waals surface area (Å²) in [4.78, 5) is 21.2. The van der Waals surface area contributed by atoms with Crippen LogP contribution in [0.2, 0.25) is 0 Å². The van der Waals surface area contributed by atoms with E-state index in [1.165, 1.54) is 0 Å². The van der Waals surface area contributed by atoms with E-state index in [-0.39, 0.29) is 19.4 Å². The van der Waals surface area contributed by atoms with Gasteiger partial charge in [0.05, 0.1) is 0 Å². The van der Waals surface area contributed by atoms with Crippen LogP contribution in [0.25, 0.3) is 0 Å². The highest BCUT2D eigenvalue weighted by molar-refractivity contribution is 6.67. The van der Waals surface area contributed by atoms with Crippen molar-refractivity contribution in [3.8, 4) is 0 Å². The van der Waals surface area contributed by atoms with E-state index in [0.717, 1.165) is 0 Å². The van der Waals surface area contributed by atoms with Crippen LogP contribution in [0.15, 0.2) is 0 Å². The maximum absolute atomic E-state index is 10.9. The highest BCUT2D eigenvalue weighted by atomic mass is 35.6. The smallest absolute Gasteiger partial charge is 0.305 e. The van der Waals surface area contributed by atoms with Crippen LogP contribution < -0.4 is 0 Å². The van der Waals surface area contributed by atoms with Gasteiger partial charge in [-0.25, -0.2) is 0 Å². The molecule has 0 aliphatic rings. The molecule has 0 bridgehead atoms. The molecule has 0 aliphatic carbocycles.